The molecule has 4 atom stereocenters. The molecule has 0 heterocycles. The van der Waals surface area contributed by atoms with Gasteiger partial charge in [-0.2, -0.15) is 0 Å². The molecule has 1 aromatic carbocycles. The molecule has 0 radical (unpaired) electrons. The lowest BCUT2D eigenvalue weighted by Gasteiger charge is -2.48. The number of ketones is 1. The zero-order chi connectivity index (χ0) is 17.6. The van der Waals surface area contributed by atoms with Crippen molar-refractivity contribution >= 4 is 5.78 Å². The van der Waals surface area contributed by atoms with Crippen LogP contribution in [0.2, 0.25) is 0 Å². The zero-order valence-corrected chi connectivity index (χ0v) is 15.8. The van der Waals surface area contributed by atoms with Crippen molar-refractivity contribution in [1.82, 2.24) is 0 Å². The summed E-state index contributed by atoms with van der Waals surface area (Å²) in [4.78, 5) is 12.4. The molecule has 1 aromatic rings. The van der Waals surface area contributed by atoms with Crippen LogP contribution in [0.15, 0.2) is 29.8 Å². The first-order valence-electron chi connectivity index (χ1n) is 9.91. The minimum atomic E-state index is -0.0218. The van der Waals surface area contributed by atoms with Crippen molar-refractivity contribution in [2.75, 3.05) is 6.61 Å². The molecular weight excluding hydrogens is 308 g/mol. The molecular formula is C23H30O2. The first-order valence-corrected chi connectivity index (χ1v) is 9.91. The van der Waals surface area contributed by atoms with Gasteiger partial charge in [-0.1, -0.05) is 18.6 Å². The van der Waals surface area contributed by atoms with E-state index in [4.69, 9.17) is 4.74 Å². The molecule has 2 nitrogen and oxygen atoms in total. The molecule has 134 valence electrons. The van der Waals surface area contributed by atoms with Crippen LogP contribution in [0.1, 0.15) is 69.9 Å². The maximum absolute atomic E-state index is 12.4. The lowest BCUT2D eigenvalue weighted by molar-refractivity contribution is -0.129. The Morgan fingerprint density at radius 3 is 2.88 bits per heavy atom. The molecule has 0 bridgehead atoms. The van der Waals surface area contributed by atoms with Gasteiger partial charge in [0, 0.05) is 11.8 Å². The first kappa shape index (κ1) is 16.9. The fourth-order valence-corrected chi connectivity index (χ4v) is 5.72. The third kappa shape index (κ3) is 2.84. The summed E-state index contributed by atoms with van der Waals surface area (Å²) in [5, 5.41) is 0. The van der Waals surface area contributed by atoms with Crippen LogP contribution >= 0.6 is 0 Å². The van der Waals surface area contributed by atoms with E-state index < -0.39 is 0 Å². The molecule has 0 spiro atoms. The Morgan fingerprint density at radius 2 is 2.08 bits per heavy atom. The van der Waals surface area contributed by atoms with E-state index in [1.54, 1.807) is 0 Å². The number of carbonyl (C=O) groups is 1. The van der Waals surface area contributed by atoms with Crippen molar-refractivity contribution in [3.8, 4) is 5.75 Å². The molecule has 0 amide bonds. The molecule has 2 heteroatoms. The van der Waals surface area contributed by atoms with E-state index in [1.807, 2.05) is 0 Å². The highest BCUT2D eigenvalue weighted by Gasteiger charge is 2.54. The van der Waals surface area contributed by atoms with Crippen molar-refractivity contribution in [2.45, 2.75) is 65.2 Å². The molecule has 0 aliphatic heterocycles. The molecule has 3 aliphatic rings. The van der Waals surface area contributed by atoms with Crippen LogP contribution in [0.3, 0.4) is 0 Å². The minimum absolute atomic E-state index is 0.0218. The fraction of sp³-hybridized carbons (Fsp3) is 0.609. The summed E-state index contributed by atoms with van der Waals surface area (Å²) in [5.41, 5.74) is 4.28. The smallest absolute Gasteiger partial charge is 0.139 e. The number of aryl methyl sites for hydroxylation is 1. The topological polar surface area (TPSA) is 26.3 Å². The van der Waals surface area contributed by atoms with Gasteiger partial charge in [-0.15, -0.1) is 0 Å². The molecule has 2 saturated carbocycles. The zero-order valence-electron chi connectivity index (χ0n) is 15.8. The number of Topliss-reactive ketones (excluding diaryl/α,β-unsaturated/α-hetero) is 1. The highest BCUT2D eigenvalue weighted by atomic mass is 16.5. The second-order valence-electron chi connectivity index (χ2n) is 8.79. The van der Waals surface area contributed by atoms with Crippen LogP contribution in [0, 0.1) is 17.3 Å². The van der Waals surface area contributed by atoms with Gasteiger partial charge in [0.1, 0.15) is 18.1 Å². The average Bonchev–Trinajstić information content (AvgIpc) is 2.89. The van der Waals surface area contributed by atoms with E-state index in [9.17, 15) is 4.79 Å². The molecule has 4 rings (SSSR count). The summed E-state index contributed by atoms with van der Waals surface area (Å²) < 4.78 is 5.90. The summed E-state index contributed by atoms with van der Waals surface area (Å²) >= 11 is 0. The van der Waals surface area contributed by atoms with Gasteiger partial charge < -0.3 is 4.74 Å². The summed E-state index contributed by atoms with van der Waals surface area (Å²) in [7, 11) is 0. The Balaban J connectivity index is 1.55. The number of allylic oxidation sites excluding steroid dienone is 1. The summed E-state index contributed by atoms with van der Waals surface area (Å²) in [6.07, 6.45) is 8.68. The molecule has 3 aliphatic carbocycles. The predicted molar refractivity (Wildman–Crippen MR) is 101 cm³/mol. The molecule has 0 unspecified atom stereocenters. The largest absolute Gasteiger partial charge is 0.490 e. The highest BCUT2D eigenvalue weighted by Crippen LogP contribution is 2.59. The molecule has 25 heavy (non-hydrogen) atoms. The quantitative estimate of drug-likeness (QED) is 0.684. The van der Waals surface area contributed by atoms with E-state index in [2.05, 4.69) is 45.0 Å². The Labute approximate surface area is 151 Å². The van der Waals surface area contributed by atoms with Crippen LogP contribution in [0.25, 0.3) is 0 Å². The predicted octanol–water partition coefficient (Wildman–Crippen LogP) is 5.46. The van der Waals surface area contributed by atoms with Gasteiger partial charge in [0.05, 0.1) is 0 Å². The number of hydrogen-bond donors (Lipinski definition) is 0. The molecule has 0 aromatic heterocycles. The monoisotopic (exact) mass is 338 g/mol. The molecule has 0 N–H and O–H groups in total. The Hall–Kier alpha value is -1.57. The average molecular weight is 338 g/mol. The summed E-state index contributed by atoms with van der Waals surface area (Å²) in [5.74, 6) is 3.49. The number of ether oxygens (including phenoxy) is 1. The van der Waals surface area contributed by atoms with Crippen molar-refractivity contribution in [1.29, 1.82) is 0 Å². The Morgan fingerprint density at radius 1 is 1.24 bits per heavy atom. The molecule has 0 saturated heterocycles. The number of hydrogen-bond acceptors (Lipinski definition) is 2. The lowest BCUT2D eigenvalue weighted by Crippen LogP contribution is -2.42. The van der Waals surface area contributed by atoms with Crippen molar-refractivity contribution < 1.29 is 9.53 Å². The maximum atomic E-state index is 12.4. The van der Waals surface area contributed by atoms with E-state index in [-0.39, 0.29) is 5.41 Å². The first-order chi connectivity index (χ1) is 12.0. The number of benzene rings is 1. The van der Waals surface area contributed by atoms with Gasteiger partial charge in [-0.25, -0.2) is 0 Å². The van der Waals surface area contributed by atoms with E-state index in [1.165, 1.54) is 29.5 Å². The van der Waals surface area contributed by atoms with Gasteiger partial charge in [0.15, 0.2) is 0 Å². The summed E-state index contributed by atoms with van der Waals surface area (Å²) in [6, 6.07) is 6.72. The number of fused-ring (bicyclic) bond motifs is 5. The van der Waals surface area contributed by atoms with Gasteiger partial charge in [0.25, 0.3) is 0 Å². The normalized spacial score (nSPS) is 33.2. The Bertz CT molecular complexity index is 713. The standard InChI is InChI=1S/C23H30O2/c1-15(2)11-13-25-17-5-7-18-16(14-17)4-6-20-19(18)10-12-23(3)21(20)8-9-22(23)24/h5,7,11,14,19-21H,4,6,8-10,12-13H2,1-3H3/t19-,20-,21+,23+/m1/s1. The van der Waals surface area contributed by atoms with E-state index >= 15 is 0 Å². The van der Waals surface area contributed by atoms with Gasteiger partial charge >= 0.3 is 0 Å². The fourth-order valence-electron chi connectivity index (χ4n) is 5.72. The van der Waals surface area contributed by atoms with Gasteiger partial charge in [0.2, 0.25) is 0 Å². The van der Waals surface area contributed by atoms with Gasteiger partial charge in [-0.05, 0) is 93.0 Å². The minimum Gasteiger partial charge on any atom is -0.490 e. The number of rotatable bonds is 3. The third-order valence-electron chi connectivity index (χ3n) is 7.15. The van der Waals surface area contributed by atoms with E-state index in [0.717, 1.165) is 31.4 Å². The highest BCUT2D eigenvalue weighted by molar-refractivity contribution is 5.87. The Kier molecular flexibility index (Phi) is 4.25. The van der Waals surface area contributed by atoms with Crippen LogP contribution in [0.4, 0.5) is 0 Å². The lowest BCUT2D eigenvalue weighted by atomic mass is 9.55. The second kappa shape index (κ2) is 6.30. The summed E-state index contributed by atoms with van der Waals surface area (Å²) in [6.45, 7) is 7.09. The van der Waals surface area contributed by atoms with Crippen LogP contribution < -0.4 is 4.74 Å². The maximum Gasteiger partial charge on any atom is 0.139 e. The van der Waals surface area contributed by atoms with Crippen LogP contribution in [0.5, 0.6) is 5.75 Å². The SMILES string of the molecule is CC(C)=CCOc1ccc2c(c1)CC[C@@H]1[C@@H]2CC[C@]2(C)C(=O)CC[C@@H]12. The third-order valence-corrected chi connectivity index (χ3v) is 7.15. The van der Waals surface area contributed by atoms with Crippen molar-refractivity contribution in [3.63, 3.8) is 0 Å². The molecule has 2 fully saturated rings. The number of carbonyl (C=O) groups excluding carboxylic acids is 1. The second-order valence-corrected chi connectivity index (χ2v) is 8.79. The van der Waals surface area contributed by atoms with Crippen LogP contribution in [-0.4, -0.2) is 12.4 Å². The van der Waals surface area contributed by atoms with E-state index in [0.29, 0.717) is 30.1 Å². The van der Waals surface area contributed by atoms with Gasteiger partial charge in [-0.3, -0.25) is 4.79 Å². The van der Waals surface area contributed by atoms with Crippen molar-refractivity contribution in [2.24, 2.45) is 17.3 Å². The van der Waals surface area contributed by atoms with Crippen LogP contribution in [-0.2, 0) is 11.2 Å². The van der Waals surface area contributed by atoms with Crippen molar-refractivity contribution in [3.05, 3.63) is 41.0 Å².